The fraction of sp³-hybridized carbons (Fsp3) is 0.0400. The number of benzene rings is 3. The number of aromatic nitrogens is 2. The Morgan fingerprint density at radius 1 is 1.06 bits per heavy atom. The van der Waals surface area contributed by atoms with Crippen LogP contribution in [0.25, 0.3) is 27.2 Å². The lowest BCUT2D eigenvalue weighted by Gasteiger charge is -2.05. The Balaban J connectivity index is 1.50. The normalized spacial score (nSPS) is 11.8. The van der Waals surface area contributed by atoms with E-state index < -0.39 is 0 Å². The second-order valence-electron chi connectivity index (χ2n) is 7.03. The molecule has 0 aliphatic rings. The average Bonchev–Trinajstić information content (AvgIpc) is 3.36. The van der Waals surface area contributed by atoms with E-state index in [0.29, 0.717) is 11.4 Å². The molecule has 6 heteroatoms. The van der Waals surface area contributed by atoms with Crippen LogP contribution in [0.4, 0.5) is 4.39 Å². The second kappa shape index (κ2) is 8.38. The summed E-state index contributed by atoms with van der Waals surface area (Å²) in [6.45, 7) is 0.627. The SMILES string of the molecule is N#CC(=Cc1cn(Cc2ccc(F)cc2)c2ccccc12)Sc1nc2ccccc2s1. The summed E-state index contributed by atoms with van der Waals surface area (Å²) in [5, 5.41) is 10.8. The van der Waals surface area contributed by atoms with Gasteiger partial charge in [0.15, 0.2) is 4.34 Å². The molecular formula is C25H16FN3S2. The lowest BCUT2D eigenvalue weighted by Crippen LogP contribution is -1.97. The number of nitriles is 1. The zero-order chi connectivity index (χ0) is 21.2. The van der Waals surface area contributed by atoms with Gasteiger partial charge >= 0.3 is 0 Å². The Labute approximate surface area is 187 Å². The van der Waals surface area contributed by atoms with E-state index in [9.17, 15) is 9.65 Å². The van der Waals surface area contributed by atoms with Gasteiger partial charge in [0.1, 0.15) is 11.9 Å². The number of hydrogen-bond donors (Lipinski definition) is 0. The van der Waals surface area contributed by atoms with Gasteiger partial charge in [-0.1, -0.05) is 42.5 Å². The molecule has 0 saturated heterocycles. The average molecular weight is 442 g/mol. The Morgan fingerprint density at radius 2 is 1.84 bits per heavy atom. The largest absolute Gasteiger partial charge is 0.342 e. The van der Waals surface area contributed by atoms with Crippen LogP contribution in [0.15, 0.2) is 88.2 Å². The number of rotatable bonds is 5. The molecule has 0 amide bonds. The monoisotopic (exact) mass is 441 g/mol. The second-order valence-corrected chi connectivity index (χ2v) is 9.35. The van der Waals surface area contributed by atoms with Crippen molar-refractivity contribution in [2.24, 2.45) is 0 Å². The molecule has 2 heterocycles. The molecule has 0 aliphatic heterocycles. The molecule has 0 spiro atoms. The third-order valence-electron chi connectivity index (χ3n) is 4.95. The van der Waals surface area contributed by atoms with Crippen LogP contribution in [0.5, 0.6) is 0 Å². The molecule has 0 aliphatic carbocycles. The van der Waals surface area contributed by atoms with Gasteiger partial charge in [-0.25, -0.2) is 9.37 Å². The molecule has 0 saturated carbocycles. The Morgan fingerprint density at radius 3 is 2.65 bits per heavy atom. The summed E-state index contributed by atoms with van der Waals surface area (Å²) in [5.41, 5.74) is 4.01. The number of hydrogen-bond acceptors (Lipinski definition) is 4. The first kappa shape index (κ1) is 19.6. The molecule has 0 fully saturated rings. The van der Waals surface area contributed by atoms with Gasteiger partial charge in [-0.3, -0.25) is 0 Å². The summed E-state index contributed by atoms with van der Waals surface area (Å²) in [4.78, 5) is 5.21. The van der Waals surface area contributed by atoms with Crippen LogP contribution < -0.4 is 0 Å². The Bertz CT molecular complexity index is 1420. The van der Waals surface area contributed by atoms with E-state index >= 15 is 0 Å². The van der Waals surface area contributed by atoms with Crippen molar-refractivity contribution in [2.45, 2.75) is 10.9 Å². The summed E-state index contributed by atoms with van der Waals surface area (Å²) in [6, 6.07) is 24.9. The molecule has 3 nitrogen and oxygen atoms in total. The van der Waals surface area contributed by atoms with Gasteiger partial charge in [0, 0.05) is 29.2 Å². The Hall–Kier alpha value is -3.40. The van der Waals surface area contributed by atoms with E-state index in [1.54, 1.807) is 23.5 Å². The highest BCUT2D eigenvalue weighted by Gasteiger charge is 2.11. The molecule has 150 valence electrons. The third kappa shape index (κ3) is 4.11. The lowest BCUT2D eigenvalue weighted by atomic mass is 10.1. The number of thiazole rings is 1. The van der Waals surface area contributed by atoms with Crippen LogP contribution in [-0.2, 0) is 6.54 Å². The molecule has 0 radical (unpaired) electrons. The molecule has 5 rings (SSSR count). The van der Waals surface area contributed by atoms with Crippen LogP contribution >= 0.6 is 23.1 Å². The van der Waals surface area contributed by atoms with Gasteiger partial charge in [-0.2, -0.15) is 5.26 Å². The number of para-hydroxylation sites is 2. The number of nitrogens with zero attached hydrogens (tertiary/aromatic N) is 3. The molecule has 0 atom stereocenters. The fourth-order valence-corrected chi connectivity index (χ4v) is 5.49. The number of thioether (sulfide) groups is 1. The van der Waals surface area contributed by atoms with Crippen molar-refractivity contribution in [1.82, 2.24) is 9.55 Å². The zero-order valence-electron chi connectivity index (χ0n) is 16.3. The van der Waals surface area contributed by atoms with E-state index in [0.717, 1.165) is 36.6 Å². The van der Waals surface area contributed by atoms with Crippen molar-refractivity contribution in [1.29, 1.82) is 5.26 Å². The minimum absolute atomic E-state index is 0.240. The molecule has 0 unspecified atom stereocenters. The van der Waals surface area contributed by atoms with E-state index in [-0.39, 0.29) is 5.82 Å². The van der Waals surface area contributed by atoms with Crippen LogP contribution in [0.1, 0.15) is 11.1 Å². The number of halogens is 1. The van der Waals surface area contributed by atoms with Crippen molar-refractivity contribution in [2.75, 3.05) is 0 Å². The van der Waals surface area contributed by atoms with Crippen LogP contribution in [0, 0.1) is 17.1 Å². The van der Waals surface area contributed by atoms with E-state index in [2.05, 4.69) is 27.8 Å². The molecule has 5 aromatic rings. The highest BCUT2D eigenvalue weighted by molar-refractivity contribution is 8.05. The van der Waals surface area contributed by atoms with Gasteiger partial charge in [-0.05, 0) is 53.7 Å². The summed E-state index contributed by atoms with van der Waals surface area (Å²) in [6.07, 6.45) is 3.96. The minimum atomic E-state index is -0.240. The summed E-state index contributed by atoms with van der Waals surface area (Å²) in [5.74, 6) is -0.240. The van der Waals surface area contributed by atoms with Crippen LogP contribution in [0.2, 0.25) is 0 Å². The topological polar surface area (TPSA) is 41.6 Å². The third-order valence-corrected chi connectivity index (χ3v) is 6.98. The standard InChI is InChI=1S/C25H16FN3S2/c26-19-11-9-17(10-12-19)15-29-16-18(21-5-1-3-7-23(21)29)13-20(14-27)30-25-28-22-6-2-4-8-24(22)31-25/h1-13,16H,15H2. The summed E-state index contributed by atoms with van der Waals surface area (Å²) >= 11 is 2.98. The number of allylic oxidation sites excluding steroid dienone is 1. The van der Waals surface area contributed by atoms with E-state index in [1.165, 1.54) is 23.9 Å². The van der Waals surface area contributed by atoms with Crippen molar-refractivity contribution in [3.63, 3.8) is 0 Å². The van der Waals surface area contributed by atoms with Gasteiger partial charge in [-0.15, -0.1) is 11.3 Å². The maximum absolute atomic E-state index is 13.3. The predicted octanol–water partition coefficient (Wildman–Crippen LogP) is 7.10. The summed E-state index contributed by atoms with van der Waals surface area (Å²) in [7, 11) is 0. The molecular weight excluding hydrogens is 425 g/mol. The maximum atomic E-state index is 13.3. The fourth-order valence-electron chi connectivity index (χ4n) is 3.52. The first-order valence-electron chi connectivity index (χ1n) is 9.67. The summed E-state index contributed by atoms with van der Waals surface area (Å²) < 4.78 is 17.4. The van der Waals surface area contributed by atoms with E-state index in [4.69, 9.17) is 0 Å². The van der Waals surface area contributed by atoms with E-state index in [1.807, 2.05) is 48.7 Å². The zero-order valence-corrected chi connectivity index (χ0v) is 18.0. The van der Waals surface area contributed by atoms with Gasteiger partial charge < -0.3 is 4.57 Å². The van der Waals surface area contributed by atoms with Crippen molar-refractivity contribution < 1.29 is 4.39 Å². The first-order chi connectivity index (χ1) is 15.2. The van der Waals surface area contributed by atoms with Crippen LogP contribution in [0.3, 0.4) is 0 Å². The molecule has 31 heavy (non-hydrogen) atoms. The van der Waals surface area contributed by atoms with Crippen molar-refractivity contribution >= 4 is 50.3 Å². The highest BCUT2D eigenvalue weighted by Crippen LogP contribution is 2.35. The minimum Gasteiger partial charge on any atom is -0.342 e. The van der Waals surface area contributed by atoms with Gasteiger partial charge in [0.25, 0.3) is 0 Å². The molecule has 0 N–H and O–H groups in total. The maximum Gasteiger partial charge on any atom is 0.156 e. The molecule has 0 bridgehead atoms. The Kier molecular flexibility index (Phi) is 5.29. The predicted molar refractivity (Wildman–Crippen MR) is 127 cm³/mol. The highest BCUT2D eigenvalue weighted by atomic mass is 32.2. The van der Waals surface area contributed by atoms with Gasteiger partial charge in [0.2, 0.25) is 0 Å². The molecule has 3 aromatic carbocycles. The van der Waals surface area contributed by atoms with Crippen LogP contribution in [-0.4, -0.2) is 9.55 Å². The first-order valence-corrected chi connectivity index (χ1v) is 11.3. The number of fused-ring (bicyclic) bond motifs is 2. The van der Waals surface area contributed by atoms with Gasteiger partial charge in [0.05, 0.1) is 15.1 Å². The smallest absolute Gasteiger partial charge is 0.156 e. The lowest BCUT2D eigenvalue weighted by molar-refractivity contribution is 0.626. The quantitative estimate of drug-likeness (QED) is 0.216. The van der Waals surface area contributed by atoms with Crippen molar-refractivity contribution in [3.05, 3.63) is 101 Å². The molecule has 2 aromatic heterocycles. The van der Waals surface area contributed by atoms with Crippen molar-refractivity contribution in [3.8, 4) is 6.07 Å².